The minimum atomic E-state index is -1.23. The van der Waals surface area contributed by atoms with E-state index >= 15 is 0 Å². The van der Waals surface area contributed by atoms with Gasteiger partial charge in [-0.2, -0.15) is 0 Å². The van der Waals surface area contributed by atoms with Gasteiger partial charge in [-0.15, -0.1) is 11.3 Å². The molecule has 1 aromatic carbocycles. The number of benzene rings is 1. The molecule has 1 aliphatic heterocycles. The minimum Gasteiger partial charge on any atom is -0.497 e. The number of nitrogens with zero attached hydrogens (tertiary/aromatic N) is 1. The molecule has 52 heavy (non-hydrogen) atoms. The second-order valence-corrected chi connectivity index (χ2v) is 18.3. The molecule has 1 saturated heterocycles. The number of aryl methyl sites for hydroxylation is 1. The SMILES string of the molecule is COc1cccc(-c2cc(CCCCCOC(=O)[C@H](CC(N)=O)NC(=O)OC(C)(C)C)c(C=C3SC(=S)N(C4C5CC6CC(C5)CC4C6)C3=O)s2)c1. The average molecular weight is 768 g/mol. The molecule has 1 atom stereocenters. The van der Waals surface area contributed by atoms with Crippen molar-refractivity contribution in [2.75, 3.05) is 13.7 Å². The molecule has 0 radical (unpaired) electrons. The molecule has 2 aromatic rings. The van der Waals surface area contributed by atoms with Crippen molar-refractivity contribution in [3.63, 3.8) is 0 Å². The number of carbonyl (C=O) groups is 4. The van der Waals surface area contributed by atoms with Crippen LogP contribution in [0.15, 0.2) is 35.2 Å². The number of carbonyl (C=O) groups excluding carboxylic acids is 4. The zero-order chi connectivity index (χ0) is 37.2. The van der Waals surface area contributed by atoms with Crippen LogP contribution >= 0.6 is 35.3 Å². The van der Waals surface area contributed by atoms with Gasteiger partial charge >= 0.3 is 12.1 Å². The number of hydrogen-bond acceptors (Lipinski definition) is 10. The van der Waals surface area contributed by atoms with Crippen molar-refractivity contribution in [2.24, 2.45) is 29.4 Å². The molecule has 4 bridgehead atoms. The van der Waals surface area contributed by atoms with Crippen molar-refractivity contribution < 1.29 is 33.4 Å². The summed E-state index contributed by atoms with van der Waals surface area (Å²) < 4.78 is 16.8. The lowest BCUT2D eigenvalue weighted by molar-refractivity contribution is -0.147. The minimum absolute atomic E-state index is 0.0485. The highest BCUT2D eigenvalue weighted by Crippen LogP contribution is 2.56. The smallest absolute Gasteiger partial charge is 0.408 e. The highest BCUT2D eigenvalue weighted by molar-refractivity contribution is 8.26. The summed E-state index contributed by atoms with van der Waals surface area (Å²) in [5.74, 6) is 2.11. The molecule has 2 heterocycles. The number of nitrogens with two attached hydrogens (primary N) is 1. The first-order chi connectivity index (χ1) is 24.8. The van der Waals surface area contributed by atoms with E-state index in [-0.39, 0.29) is 18.6 Å². The molecule has 0 unspecified atom stereocenters. The highest BCUT2D eigenvalue weighted by Gasteiger charge is 2.53. The van der Waals surface area contributed by atoms with Gasteiger partial charge in [0.1, 0.15) is 21.7 Å². The Morgan fingerprint density at radius 1 is 1.06 bits per heavy atom. The van der Waals surface area contributed by atoms with Gasteiger partial charge in [0.15, 0.2) is 0 Å². The Balaban J connectivity index is 1.10. The van der Waals surface area contributed by atoms with Gasteiger partial charge in [-0.25, -0.2) is 9.59 Å². The van der Waals surface area contributed by atoms with E-state index in [0.29, 0.717) is 27.5 Å². The highest BCUT2D eigenvalue weighted by atomic mass is 32.2. The van der Waals surface area contributed by atoms with Crippen LogP contribution in [-0.4, -0.2) is 64.5 Å². The molecular weight excluding hydrogens is 719 g/mol. The first-order valence-corrected chi connectivity index (χ1v) is 20.3. The maximum Gasteiger partial charge on any atom is 0.408 e. The number of alkyl carbamates (subject to hydrolysis) is 1. The van der Waals surface area contributed by atoms with E-state index in [4.69, 9.17) is 32.2 Å². The monoisotopic (exact) mass is 767 g/mol. The van der Waals surface area contributed by atoms with Crippen LogP contribution in [0.4, 0.5) is 4.79 Å². The van der Waals surface area contributed by atoms with Crippen molar-refractivity contribution in [1.29, 1.82) is 0 Å². The molecule has 7 rings (SSSR count). The lowest BCUT2D eigenvalue weighted by Gasteiger charge is -2.56. The number of unbranched alkanes of at least 4 members (excludes halogenated alkanes) is 2. The molecular formula is C39H49N3O7S3. The zero-order valence-corrected chi connectivity index (χ0v) is 32.8. The number of nitrogens with one attached hydrogen (secondary N) is 1. The fourth-order valence-electron chi connectivity index (χ4n) is 8.56. The second kappa shape index (κ2) is 16.3. The van der Waals surface area contributed by atoms with Crippen molar-refractivity contribution in [2.45, 2.75) is 103 Å². The molecule has 3 amide bonds. The van der Waals surface area contributed by atoms with Crippen molar-refractivity contribution in [1.82, 2.24) is 10.2 Å². The predicted molar refractivity (Wildman–Crippen MR) is 208 cm³/mol. The molecule has 3 N–H and O–H groups in total. The first-order valence-electron chi connectivity index (χ1n) is 18.3. The van der Waals surface area contributed by atoms with Gasteiger partial charge in [-0.1, -0.05) is 36.1 Å². The predicted octanol–water partition coefficient (Wildman–Crippen LogP) is 7.47. The van der Waals surface area contributed by atoms with Gasteiger partial charge in [0, 0.05) is 15.8 Å². The number of thioether (sulfide) groups is 1. The van der Waals surface area contributed by atoms with Gasteiger partial charge in [0.25, 0.3) is 5.91 Å². The quantitative estimate of drug-likeness (QED) is 0.0868. The summed E-state index contributed by atoms with van der Waals surface area (Å²) in [5.41, 5.74) is 6.72. The third kappa shape index (κ3) is 9.20. The topological polar surface area (TPSA) is 137 Å². The Morgan fingerprint density at radius 3 is 2.42 bits per heavy atom. The molecule has 5 aliphatic rings. The van der Waals surface area contributed by atoms with E-state index in [2.05, 4.69) is 17.4 Å². The Kier molecular flexibility index (Phi) is 12.0. The number of thiophene rings is 1. The third-order valence-electron chi connectivity index (χ3n) is 10.5. The van der Waals surface area contributed by atoms with E-state index in [1.807, 2.05) is 29.2 Å². The van der Waals surface area contributed by atoms with E-state index in [1.165, 1.54) is 43.9 Å². The largest absolute Gasteiger partial charge is 0.497 e. The van der Waals surface area contributed by atoms with Gasteiger partial charge in [-0.3, -0.25) is 14.5 Å². The van der Waals surface area contributed by atoms with Crippen LogP contribution in [0.2, 0.25) is 0 Å². The van der Waals surface area contributed by atoms with Crippen molar-refractivity contribution >= 4 is 69.6 Å². The van der Waals surface area contributed by atoms with Crippen LogP contribution in [-0.2, 0) is 30.3 Å². The second-order valence-electron chi connectivity index (χ2n) is 15.6. The van der Waals surface area contributed by atoms with Crippen molar-refractivity contribution in [3.8, 4) is 16.2 Å². The maximum absolute atomic E-state index is 14.1. The summed E-state index contributed by atoms with van der Waals surface area (Å²) in [7, 11) is 1.66. The lowest BCUT2D eigenvalue weighted by Crippen LogP contribution is -2.57. The van der Waals surface area contributed by atoms with Gasteiger partial charge in [0.05, 0.1) is 25.0 Å². The Hall–Kier alpha value is -3.42. The number of primary amides is 1. The Bertz CT molecular complexity index is 1700. The maximum atomic E-state index is 14.1. The molecule has 13 heteroatoms. The number of thiocarbonyl (C=S) groups is 1. The van der Waals surface area contributed by atoms with E-state index in [0.717, 1.165) is 57.7 Å². The van der Waals surface area contributed by atoms with E-state index < -0.39 is 36.0 Å². The molecule has 280 valence electrons. The summed E-state index contributed by atoms with van der Waals surface area (Å²) in [6, 6.07) is 9.17. The fourth-order valence-corrected chi connectivity index (χ4v) is 11.1. The molecule has 4 saturated carbocycles. The fraction of sp³-hybridized carbons (Fsp3) is 0.564. The number of hydrogen-bond donors (Lipinski definition) is 2. The molecule has 4 aliphatic carbocycles. The van der Waals surface area contributed by atoms with Crippen molar-refractivity contribution in [3.05, 3.63) is 45.7 Å². The summed E-state index contributed by atoms with van der Waals surface area (Å²) in [5, 5.41) is 2.39. The summed E-state index contributed by atoms with van der Waals surface area (Å²) >= 11 is 8.98. The summed E-state index contributed by atoms with van der Waals surface area (Å²) in [6.45, 7) is 5.22. The van der Waals surface area contributed by atoms with Gasteiger partial charge in [0.2, 0.25) is 5.91 Å². The number of rotatable bonds is 14. The van der Waals surface area contributed by atoms with E-state index in [1.54, 1.807) is 39.2 Å². The van der Waals surface area contributed by atoms with Gasteiger partial charge < -0.3 is 25.3 Å². The molecule has 0 spiro atoms. The summed E-state index contributed by atoms with van der Waals surface area (Å²) in [6.07, 6.45) is 10.0. The molecule has 10 nitrogen and oxygen atoms in total. The summed E-state index contributed by atoms with van der Waals surface area (Å²) in [4.78, 5) is 55.3. The third-order valence-corrected chi connectivity index (χ3v) is 13.0. The van der Waals surface area contributed by atoms with Crippen LogP contribution in [0.1, 0.15) is 89.0 Å². The Morgan fingerprint density at radius 2 is 1.77 bits per heavy atom. The molecule has 5 fully saturated rings. The van der Waals surface area contributed by atoms with E-state index in [9.17, 15) is 19.2 Å². The van der Waals surface area contributed by atoms with Gasteiger partial charge in [-0.05, 0) is 138 Å². The lowest BCUT2D eigenvalue weighted by atomic mass is 9.54. The van der Waals surface area contributed by atoms with Crippen LogP contribution in [0.3, 0.4) is 0 Å². The standard InChI is InChI=1S/C39H49N3O7S3/c1-39(2,3)49-37(46)41-29(20-33(40)43)36(45)48-12-7-5-6-9-25-19-30(24-10-8-11-28(18-24)47-4)51-31(25)21-32-35(44)42(38(50)52-32)34-26-14-22-13-23(16-26)17-27(34)15-22/h8,10-11,18-19,21-23,26-27,29,34H,5-7,9,12-17,20H2,1-4H3,(H2,40,43)(H,41,46)/t22?,23?,26?,27?,29-,34?/m0/s1. The van der Waals surface area contributed by atoms with Crippen LogP contribution in [0, 0.1) is 23.7 Å². The number of esters is 1. The number of amides is 3. The van der Waals surface area contributed by atoms with Crippen LogP contribution in [0.5, 0.6) is 5.75 Å². The first kappa shape index (κ1) is 38.3. The zero-order valence-electron chi connectivity index (χ0n) is 30.3. The van der Waals surface area contributed by atoms with Crippen LogP contribution in [0.25, 0.3) is 16.5 Å². The number of methoxy groups -OCH3 is 1. The molecule has 1 aromatic heterocycles. The number of ether oxygens (including phenoxy) is 3. The van der Waals surface area contributed by atoms with Crippen LogP contribution < -0.4 is 15.8 Å². The Labute approximate surface area is 319 Å². The average Bonchev–Trinajstić information content (AvgIpc) is 3.59. The normalized spacial score (nSPS) is 25.0.